The molecule has 2 aromatic carbocycles. The van der Waals surface area contributed by atoms with Crippen molar-refractivity contribution in [3.63, 3.8) is 0 Å². The van der Waals surface area contributed by atoms with Crippen molar-refractivity contribution in [1.82, 2.24) is 5.01 Å². The number of amides is 1. The molecule has 0 aromatic heterocycles. The van der Waals surface area contributed by atoms with Crippen LogP contribution in [0.5, 0.6) is 0 Å². The second-order valence-electron chi connectivity index (χ2n) is 4.84. The molecule has 1 saturated heterocycles. The molecule has 1 fully saturated rings. The highest BCUT2D eigenvalue weighted by atomic mass is 32.2. The highest BCUT2D eigenvalue weighted by Gasteiger charge is 2.31. The fourth-order valence-corrected chi connectivity index (χ4v) is 3.12. The normalized spacial score (nSPS) is 16.6. The van der Waals surface area contributed by atoms with Crippen LogP contribution in [0.2, 0.25) is 0 Å². The average Bonchev–Trinajstić information content (AvgIpc) is 2.83. The maximum atomic E-state index is 12.9. The van der Waals surface area contributed by atoms with Crippen LogP contribution in [-0.4, -0.2) is 21.5 Å². The number of rotatable bonds is 3. The summed E-state index contributed by atoms with van der Waals surface area (Å²) >= 11 is 6.28. The fraction of sp³-hybridized carbons (Fsp3) is 0. The average molecular weight is 360 g/mol. The number of hydrogen-bond acceptors (Lipinski definition) is 4. The van der Waals surface area contributed by atoms with Gasteiger partial charge in [-0.15, -0.1) is 0 Å². The van der Waals surface area contributed by atoms with Crippen LogP contribution in [0.15, 0.2) is 58.5 Å². The molecule has 0 spiro atoms. The van der Waals surface area contributed by atoms with Crippen LogP contribution >= 0.6 is 24.0 Å². The number of halogens is 2. The van der Waals surface area contributed by atoms with E-state index in [9.17, 15) is 13.6 Å². The second kappa shape index (κ2) is 7.02. The Morgan fingerprint density at radius 1 is 0.958 bits per heavy atom. The summed E-state index contributed by atoms with van der Waals surface area (Å²) in [5.74, 6) is -1.05. The first kappa shape index (κ1) is 16.5. The van der Waals surface area contributed by atoms with Crippen molar-refractivity contribution >= 4 is 46.5 Å². The molecule has 3 rings (SSSR count). The fourth-order valence-electron chi connectivity index (χ4n) is 1.94. The Labute approximate surface area is 146 Å². The summed E-state index contributed by atoms with van der Waals surface area (Å²) in [4.78, 5) is 12.8. The van der Waals surface area contributed by atoms with Crippen molar-refractivity contribution in [2.45, 2.75) is 0 Å². The number of thiocarbonyl (C=S) groups is 1. The van der Waals surface area contributed by atoms with E-state index in [4.69, 9.17) is 12.2 Å². The Morgan fingerprint density at radius 2 is 1.50 bits per heavy atom. The molecule has 0 N–H and O–H groups in total. The molecule has 24 heavy (non-hydrogen) atoms. The summed E-state index contributed by atoms with van der Waals surface area (Å²) in [5, 5.41) is 5.17. The van der Waals surface area contributed by atoms with Crippen LogP contribution in [0.3, 0.4) is 0 Å². The van der Waals surface area contributed by atoms with Crippen LogP contribution in [0, 0.1) is 11.6 Å². The number of carbonyl (C=O) groups excluding carboxylic acids is 1. The number of benzene rings is 2. The molecule has 1 heterocycles. The summed E-state index contributed by atoms with van der Waals surface area (Å²) in [7, 11) is 0. The standard InChI is InChI=1S/C17H10F2N2OS2/c18-13-5-1-11(2-6-13)9-15-16(22)21(17(23)24-15)20-10-12-3-7-14(19)8-4-12/h1-10H/b15-9-,20-10+. The quantitative estimate of drug-likeness (QED) is 0.467. The zero-order chi connectivity index (χ0) is 17.1. The number of carbonyl (C=O) groups is 1. The molecule has 0 unspecified atom stereocenters. The van der Waals surface area contributed by atoms with E-state index >= 15 is 0 Å². The highest BCUT2D eigenvalue weighted by molar-refractivity contribution is 8.26. The van der Waals surface area contributed by atoms with Gasteiger partial charge in [0.25, 0.3) is 5.91 Å². The summed E-state index contributed by atoms with van der Waals surface area (Å²) in [5.41, 5.74) is 1.34. The smallest absolute Gasteiger partial charge is 0.266 e. The molecule has 2 aromatic rings. The number of hydrazone groups is 1. The van der Waals surface area contributed by atoms with Crippen molar-refractivity contribution in [3.8, 4) is 0 Å². The monoisotopic (exact) mass is 360 g/mol. The maximum absolute atomic E-state index is 12.9. The first-order valence-electron chi connectivity index (χ1n) is 6.86. The SMILES string of the molecule is O=C1/C(=C/c2ccc(F)cc2)SC(=S)N1/N=C/c1ccc(F)cc1. The predicted molar refractivity (Wildman–Crippen MR) is 95.4 cm³/mol. The van der Waals surface area contributed by atoms with Gasteiger partial charge in [-0.1, -0.05) is 36.0 Å². The molecule has 0 saturated carbocycles. The van der Waals surface area contributed by atoms with Gasteiger partial charge in [-0.25, -0.2) is 8.78 Å². The summed E-state index contributed by atoms with van der Waals surface area (Å²) in [6, 6.07) is 11.5. The Kier molecular flexibility index (Phi) is 4.82. The van der Waals surface area contributed by atoms with Crippen LogP contribution in [0.4, 0.5) is 8.78 Å². The lowest BCUT2D eigenvalue weighted by Gasteiger charge is -2.05. The van der Waals surface area contributed by atoms with Crippen molar-refractivity contribution in [2.24, 2.45) is 5.10 Å². The van der Waals surface area contributed by atoms with E-state index in [2.05, 4.69) is 5.10 Å². The van der Waals surface area contributed by atoms with Gasteiger partial charge in [0.15, 0.2) is 4.32 Å². The molecule has 120 valence electrons. The second-order valence-corrected chi connectivity index (χ2v) is 6.52. The van der Waals surface area contributed by atoms with Crippen LogP contribution in [-0.2, 0) is 4.79 Å². The third-order valence-electron chi connectivity index (χ3n) is 3.13. The molecule has 3 nitrogen and oxygen atoms in total. The van der Waals surface area contributed by atoms with Gasteiger partial charge in [-0.2, -0.15) is 10.1 Å². The van der Waals surface area contributed by atoms with Gasteiger partial charge in [0.1, 0.15) is 11.6 Å². The first-order valence-corrected chi connectivity index (χ1v) is 8.08. The molecule has 0 bridgehead atoms. The maximum Gasteiger partial charge on any atom is 0.286 e. The van der Waals surface area contributed by atoms with Gasteiger partial charge in [-0.05, 0) is 53.7 Å². The summed E-state index contributed by atoms with van der Waals surface area (Å²) in [6.45, 7) is 0. The number of hydrogen-bond donors (Lipinski definition) is 0. The zero-order valence-corrected chi connectivity index (χ0v) is 13.8. The summed E-state index contributed by atoms with van der Waals surface area (Å²) < 4.78 is 26.1. The number of thioether (sulfide) groups is 1. The van der Waals surface area contributed by atoms with E-state index in [1.165, 1.54) is 30.5 Å². The molecule has 1 aliphatic rings. The van der Waals surface area contributed by atoms with E-state index < -0.39 is 0 Å². The van der Waals surface area contributed by atoms with Gasteiger partial charge in [0.05, 0.1) is 11.1 Å². The van der Waals surface area contributed by atoms with E-state index in [1.54, 1.807) is 30.3 Å². The Bertz CT molecular complexity index is 846. The van der Waals surface area contributed by atoms with E-state index in [1.807, 2.05) is 0 Å². The first-order chi connectivity index (χ1) is 11.5. The van der Waals surface area contributed by atoms with Crippen molar-refractivity contribution in [3.05, 3.63) is 76.2 Å². The van der Waals surface area contributed by atoms with Crippen LogP contribution in [0.25, 0.3) is 6.08 Å². The summed E-state index contributed by atoms with van der Waals surface area (Å²) in [6.07, 6.45) is 3.07. The predicted octanol–water partition coefficient (Wildman–Crippen LogP) is 4.20. The van der Waals surface area contributed by atoms with Crippen molar-refractivity contribution < 1.29 is 13.6 Å². The van der Waals surface area contributed by atoms with Crippen LogP contribution < -0.4 is 0 Å². The molecular weight excluding hydrogens is 350 g/mol. The van der Waals surface area contributed by atoms with Crippen LogP contribution in [0.1, 0.15) is 11.1 Å². The molecular formula is C17H10F2N2OS2. The van der Waals surface area contributed by atoms with Crippen molar-refractivity contribution in [2.75, 3.05) is 0 Å². The van der Waals surface area contributed by atoms with Gasteiger partial charge in [0.2, 0.25) is 0 Å². The molecule has 0 radical (unpaired) electrons. The molecule has 0 aliphatic carbocycles. The number of nitrogens with zero attached hydrogens (tertiary/aromatic N) is 2. The molecule has 1 aliphatic heterocycles. The lowest BCUT2D eigenvalue weighted by molar-refractivity contribution is -0.122. The van der Waals surface area contributed by atoms with E-state index in [0.29, 0.717) is 20.4 Å². The minimum Gasteiger partial charge on any atom is -0.266 e. The Hall–Kier alpha value is -2.38. The highest BCUT2D eigenvalue weighted by Crippen LogP contribution is 2.32. The largest absolute Gasteiger partial charge is 0.286 e. The minimum absolute atomic E-state index is 0.298. The molecule has 1 amide bonds. The van der Waals surface area contributed by atoms with Gasteiger partial charge >= 0.3 is 0 Å². The Balaban J connectivity index is 1.78. The van der Waals surface area contributed by atoms with Crippen molar-refractivity contribution in [1.29, 1.82) is 0 Å². The van der Waals surface area contributed by atoms with E-state index in [0.717, 1.165) is 16.8 Å². The van der Waals surface area contributed by atoms with Gasteiger partial charge in [0, 0.05) is 0 Å². The third kappa shape index (κ3) is 3.74. The van der Waals surface area contributed by atoms with E-state index in [-0.39, 0.29) is 17.5 Å². The molecule has 0 atom stereocenters. The molecule has 7 heteroatoms. The Morgan fingerprint density at radius 3 is 2.08 bits per heavy atom. The lowest BCUT2D eigenvalue weighted by Crippen LogP contribution is -2.22. The van der Waals surface area contributed by atoms with Gasteiger partial charge in [-0.3, -0.25) is 4.79 Å². The topological polar surface area (TPSA) is 32.7 Å². The minimum atomic E-state index is -0.354. The third-order valence-corrected chi connectivity index (χ3v) is 4.42. The zero-order valence-electron chi connectivity index (χ0n) is 12.1. The lowest BCUT2D eigenvalue weighted by atomic mass is 10.2. The van der Waals surface area contributed by atoms with Gasteiger partial charge < -0.3 is 0 Å².